The van der Waals surface area contributed by atoms with E-state index < -0.39 is 4.87 Å². The first-order valence-electron chi connectivity index (χ1n) is 11.2. The molecular weight excluding hydrogens is 462 g/mol. The summed E-state index contributed by atoms with van der Waals surface area (Å²) in [7, 11) is 1.57. The molecule has 3 amide bonds. The van der Waals surface area contributed by atoms with Crippen LogP contribution in [0.1, 0.15) is 16.7 Å². The number of carbonyl (C=O) groups excluding carboxylic acids is 3. The number of amides is 3. The lowest BCUT2D eigenvalue weighted by atomic mass is 10.0. The van der Waals surface area contributed by atoms with E-state index in [0.29, 0.717) is 28.4 Å². The standard InChI is InChI=1S/C27H25N3O4S/c1-17-8-13-22(18(2)14-17)28-24(31)15-29-23-7-5-4-6-21(23)27(26(29)33)30(25(32)16-35-27)19-9-11-20(34-3)12-10-19/h4-14H,15-16H2,1-3H3,(H,28,31). The van der Waals surface area contributed by atoms with E-state index in [2.05, 4.69) is 5.32 Å². The van der Waals surface area contributed by atoms with Crippen LogP contribution >= 0.6 is 11.8 Å². The van der Waals surface area contributed by atoms with Crippen molar-refractivity contribution in [1.29, 1.82) is 0 Å². The Morgan fingerprint density at radius 2 is 1.80 bits per heavy atom. The zero-order chi connectivity index (χ0) is 24.7. The average Bonchev–Trinajstić information content (AvgIpc) is 3.32. The van der Waals surface area contributed by atoms with Crippen LogP contribution in [0.4, 0.5) is 17.1 Å². The number of para-hydroxylation sites is 1. The number of benzene rings is 3. The number of carbonyl (C=O) groups is 3. The van der Waals surface area contributed by atoms with Gasteiger partial charge < -0.3 is 10.1 Å². The zero-order valence-corrected chi connectivity index (χ0v) is 20.5. The topological polar surface area (TPSA) is 79.0 Å². The lowest BCUT2D eigenvalue weighted by molar-refractivity contribution is -0.124. The van der Waals surface area contributed by atoms with Crippen molar-refractivity contribution in [1.82, 2.24) is 0 Å². The molecule has 0 aromatic heterocycles. The molecule has 1 atom stereocenters. The maximum absolute atomic E-state index is 14.0. The van der Waals surface area contributed by atoms with E-state index in [-0.39, 0.29) is 30.0 Å². The van der Waals surface area contributed by atoms with Gasteiger partial charge >= 0.3 is 0 Å². The van der Waals surface area contributed by atoms with Gasteiger partial charge in [-0.15, -0.1) is 11.8 Å². The van der Waals surface area contributed by atoms with E-state index in [1.165, 1.54) is 16.7 Å². The predicted molar refractivity (Wildman–Crippen MR) is 138 cm³/mol. The number of hydrogen-bond acceptors (Lipinski definition) is 5. The molecule has 178 valence electrons. The van der Waals surface area contributed by atoms with Crippen LogP contribution in [0.25, 0.3) is 0 Å². The Morgan fingerprint density at radius 1 is 1.06 bits per heavy atom. The van der Waals surface area contributed by atoms with Crippen molar-refractivity contribution in [3.8, 4) is 5.75 Å². The fourth-order valence-electron chi connectivity index (χ4n) is 4.73. The molecule has 7 nitrogen and oxygen atoms in total. The number of nitrogens with one attached hydrogen (secondary N) is 1. The van der Waals surface area contributed by atoms with E-state index in [1.807, 2.05) is 56.3 Å². The van der Waals surface area contributed by atoms with Gasteiger partial charge in [-0.25, -0.2) is 0 Å². The van der Waals surface area contributed by atoms with Crippen molar-refractivity contribution in [2.45, 2.75) is 18.7 Å². The van der Waals surface area contributed by atoms with Crippen LogP contribution in [0.3, 0.4) is 0 Å². The van der Waals surface area contributed by atoms with E-state index in [9.17, 15) is 14.4 Å². The second-order valence-electron chi connectivity index (χ2n) is 8.63. The Kier molecular flexibility index (Phi) is 5.76. The number of thioether (sulfide) groups is 1. The Morgan fingerprint density at radius 3 is 2.51 bits per heavy atom. The van der Waals surface area contributed by atoms with Gasteiger partial charge in [0.15, 0.2) is 0 Å². The first kappa shape index (κ1) is 23.0. The number of methoxy groups -OCH3 is 1. The third kappa shape index (κ3) is 3.74. The fraction of sp³-hybridized carbons (Fsp3) is 0.222. The molecule has 0 bridgehead atoms. The van der Waals surface area contributed by atoms with Crippen LogP contribution in [-0.2, 0) is 19.3 Å². The molecule has 2 heterocycles. The summed E-state index contributed by atoms with van der Waals surface area (Å²) in [4.78, 5) is 42.0. The summed E-state index contributed by atoms with van der Waals surface area (Å²) in [5, 5.41) is 2.92. The molecule has 3 aromatic carbocycles. The van der Waals surface area contributed by atoms with Gasteiger partial charge in [0.25, 0.3) is 5.91 Å². The first-order valence-corrected chi connectivity index (χ1v) is 12.2. The zero-order valence-electron chi connectivity index (χ0n) is 19.7. The third-order valence-corrected chi connectivity index (χ3v) is 7.74. The molecule has 1 fully saturated rings. The van der Waals surface area contributed by atoms with Gasteiger partial charge in [-0.1, -0.05) is 35.9 Å². The van der Waals surface area contributed by atoms with Crippen LogP contribution in [0, 0.1) is 13.8 Å². The monoisotopic (exact) mass is 487 g/mol. The molecule has 0 aliphatic carbocycles. The first-order chi connectivity index (χ1) is 16.8. The van der Waals surface area contributed by atoms with Gasteiger partial charge in [-0.3, -0.25) is 24.2 Å². The summed E-state index contributed by atoms with van der Waals surface area (Å²) in [6.45, 7) is 3.77. The van der Waals surface area contributed by atoms with Crippen molar-refractivity contribution in [2.75, 3.05) is 34.5 Å². The van der Waals surface area contributed by atoms with Crippen molar-refractivity contribution in [3.05, 3.63) is 83.4 Å². The Balaban J connectivity index is 1.50. The van der Waals surface area contributed by atoms with Crippen LogP contribution in [0.2, 0.25) is 0 Å². The number of nitrogens with zero attached hydrogens (tertiary/aromatic N) is 2. The van der Waals surface area contributed by atoms with Crippen LogP contribution < -0.4 is 19.9 Å². The van der Waals surface area contributed by atoms with Gasteiger partial charge in [-0.05, 0) is 55.8 Å². The summed E-state index contributed by atoms with van der Waals surface area (Å²) in [6, 6.07) is 20.2. The summed E-state index contributed by atoms with van der Waals surface area (Å²) in [6.07, 6.45) is 0. The largest absolute Gasteiger partial charge is 0.497 e. The predicted octanol–water partition coefficient (Wildman–Crippen LogP) is 4.23. The van der Waals surface area contributed by atoms with Gasteiger partial charge in [-0.2, -0.15) is 0 Å². The summed E-state index contributed by atoms with van der Waals surface area (Å²) >= 11 is 1.29. The summed E-state index contributed by atoms with van der Waals surface area (Å²) in [5.74, 6) is 0.0489. The minimum Gasteiger partial charge on any atom is -0.497 e. The molecule has 1 spiro atoms. The van der Waals surface area contributed by atoms with Crippen LogP contribution in [0.5, 0.6) is 5.75 Å². The average molecular weight is 488 g/mol. The SMILES string of the molecule is COc1ccc(N2C(=O)CSC23C(=O)N(CC(=O)Nc2ccc(C)cc2C)c2ccccc23)cc1. The highest BCUT2D eigenvalue weighted by Gasteiger charge is 2.61. The molecule has 1 saturated heterocycles. The highest BCUT2D eigenvalue weighted by molar-refractivity contribution is 8.02. The number of aryl methyl sites for hydroxylation is 2. The van der Waals surface area contributed by atoms with Crippen molar-refractivity contribution in [2.24, 2.45) is 0 Å². The Bertz CT molecular complexity index is 1340. The molecule has 8 heteroatoms. The van der Waals surface area contributed by atoms with Crippen molar-refractivity contribution in [3.63, 3.8) is 0 Å². The maximum Gasteiger partial charge on any atom is 0.269 e. The fourth-order valence-corrected chi connectivity index (χ4v) is 6.09. The smallest absolute Gasteiger partial charge is 0.269 e. The molecule has 5 rings (SSSR count). The molecule has 2 aliphatic heterocycles. The second kappa shape index (κ2) is 8.78. The number of hydrogen-bond donors (Lipinski definition) is 1. The van der Waals surface area contributed by atoms with E-state index in [0.717, 1.165) is 11.1 Å². The van der Waals surface area contributed by atoms with Gasteiger partial charge in [0.2, 0.25) is 16.7 Å². The van der Waals surface area contributed by atoms with E-state index in [1.54, 1.807) is 36.3 Å². The minimum absolute atomic E-state index is 0.157. The molecule has 0 radical (unpaired) electrons. The lowest BCUT2D eigenvalue weighted by Gasteiger charge is -2.33. The van der Waals surface area contributed by atoms with Crippen molar-refractivity contribution < 1.29 is 19.1 Å². The Hall–Kier alpha value is -3.78. The molecule has 0 saturated carbocycles. The molecule has 35 heavy (non-hydrogen) atoms. The maximum atomic E-state index is 14.0. The van der Waals surface area contributed by atoms with Gasteiger partial charge in [0.05, 0.1) is 18.6 Å². The minimum atomic E-state index is -1.26. The molecule has 1 N–H and O–H groups in total. The molecule has 1 unspecified atom stereocenters. The normalized spacial score (nSPS) is 18.8. The number of fused-ring (bicyclic) bond motifs is 2. The number of anilines is 3. The van der Waals surface area contributed by atoms with Crippen LogP contribution in [0.15, 0.2) is 66.7 Å². The lowest BCUT2D eigenvalue weighted by Crippen LogP contribution is -2.50. The highest BCUT2D eigenvalue weighted by atomic mass is 32.2. The highest BCUT2D eigenvalue weighted by Crippen LogP contribution is 2.55. The second-order valence-corrected chi connectivity index (χ2v) is 9.80. The number of rotatable bonds is 5. The van der Waals surface area contributed by atoms with E-state index in [4.69, 9.17) is 4.74 Å². The quantitative estimate of drug-likeness (QED) is 0.583. The van der Waals surface area contributed by atoms with Crippen molar-refractivity contribution >= 4 is 46.5 Å². The van der Waals surface area contributed by atoms with Gasteiger partial charge in [0, 0.05) is 16.9 Å². The summed E-state index contributed by atoms with van der Waals surface area (Å²) < 4.78 is 5.25. The third-order valence-electron chi connectivity index (χ3n) is 6.35. The van der Waals surface area contributed by atoms with Crippen LogP contribution in [-0.4, -0.2) is 37.1 Å². The van der Waals surface area contributed by atoms with E-state index >= 15 is 0 Å². The number of ether oxygens (including phenoxy) is 1. The Labute approximate surface area is 208 Å². The summed E-state index contributed by atoms with van der Waals surface area (Å²) in [5.41, 5.74) is 4.70. The van der Waals surface area contributed by atoms with Gasteiger partial charge in [0.1, 0.15) is 12.3 Å². The molecule has 3 aromatic rings. The molecule has 2 aliphatic rings. The molecular formula is C27H25N3O4S.